The highest BCUT2D eigenvalue weighted by Crippen LogP contribution is 2.24. The maximum atomic E-state index is 12.2. The van der Waals surface area contributed by atoms with E-state index in [9.17, 15) is 4.79 Å². The summed E-state index contributed by atoms with van der Waals surface area (Å²) < 4.78 is 5.46. The lowest BCUT2D eigenvalue weighted by atomic mass is 10.1. The topological polar surface area (TPSA) is 53.9 Å². The van der Waals surface area contributed by atoms with Crippen LogP contribution in [-0.2, 0) is 0 Å². The number of hydrogen-bond acceptors (Lipinski definition) is 4. The molecule has 0 heterocycles. The maximum Gasteiger partial charge on any atom is 0.271 e. The molecule has 0 radical (unpaired) electrons. The van der Waals surface area contributed by atoms with Crippen LogP contribution in [0.1, 0.15) is 35.3 Å². The normalized spacial score (nSPS) is 10.7. The number of nitrogens with one attached hydrogen (secondary N) is 1. The van der Waals surface area contributed by atoms with Crippen molar-refractivity contribution in [3.63, 3.8) is 0 Å². The highest BCUT2D eigenvalue weighted by atomic mass is 16.5. The van der Waals surface area contributed by atoms with Gasteiger partial charge in [-0.05, 0) is 44.5 Å². The van der Waals surface area contributed by atoms with Crippen LogP contribution in [0, 0.1) is 6.92 Å². The Balaban J connectivity index is 2.12. The van der Waals surface area contributed by atoms with E-state index in [1.807, 2.05) is 43.3 Å². The van der Waals surface area contributed by atoms with Gasteiger partial charge in [-0.1, -0.05) is 18.2 Å². The number of ether oxygens (including phenoxy) is 1. The van der Waals surface area contributed by atoms with E-state index in [1.54, 1.807) is 19.4 Å². The van der Waals surface area contributed by atoms with Gasteiger partial charge in [0.25, 0.3) is 5.91 Å². The van der Waals surface area contributed by atoms with Gasteiger partial charge in [-0.15, -0.1) is 0 Å². The number of benzene rings is 2. The largest absolute Gasteiger partial charge is 0.496 e. The Morgan fingerprint density at radius 2 is 1.92 bits per heavy atom. The summed E-state index contributed by atoms with van der Waals surface area (Å²) in [6.07, 6.45) is 1.60. The van der Waals surface area contributed by atoms with Crippen molar-refractivity contribution in [1.82, 2.24) is 5.43 Å². The van der Waals surface area contributed by atoms with Crippen LogP contribution in [-0.4, -0.2) is 32.3 Å². The van der Waals surface area contributed by atoms with Gasteiger partial charge in [0, 0.05) is 36.0 Å². The van der Waals surface area contributed by atoms with Crippen molar-refractivity contribution >= 4 is 17.8 Å². The minimum atomic E-state index is -0.229. The Morgan fingerprint density at radius 1 is 1.20 bits per heavy atom. The van der Waals surface area contributed by atoms with E-state index in [1.165, 1.54) is 0 Å². The van der Waals surface area contributed by atoms with Crippen molar-refractivity contribution in [3.8, 4) is 5.75 Å². The standard InChI is InChI=1S/C20H25N3O2/c1-5-23(6-2)17-12-11-16(19(13-17)25-4)14-21-22-20(24)18-10-8-7-9-15(18)3/h7-14H,5-6H2,1-4H3,(H,22,24)/b21-14-. The van der Waals surface area contributed by atoms with Crippen LogP contribution < -0.4 is 15.1 Å². The van der Waals surface area contributed by atoms with Crippen LogP contribution in [0.5, 0.6) is 5.75 Å². The van der Waals surface area contributed by atoms with Crippen molar-refractivity contribution in [1.29, 1.82) is 0 Å². The van der Waals surface area contributed by atoms with Gasteiger partial charge in [-0.3, -0.25) is 4.79 Å². The molecule has 0 aliphatic heterocycles. The Labute approximate surface area is 149 Å². The number of rotatable bonds is 7. The average Bonchev–Trinajstić information content (AvgIpc) is 2.63. The van der Waals surface area contributed by atoms with Crippen LogP contribution in [0.4, 0.5) is 5.69 Å². The first-order chi connectivity index (χ1) is 12.1. The summed E-state index contributed by atoms with van der Waals surface area (Å²) in [7, 11) is 1.63. The van der Waals surface area contributed by atoms with Gasteiger partial charge in [0.2, 0.25) is 0 Å². The summed E-state index contributed by atoms with van der Waals surface area (Å²) in [6, 6.07) is 13.4. The Kier molecular flexibility index (Phi) is 6.57. The molecule has 1 N–H and O–H groups in total. The molecule has 5 nitrogen and oxygen atoms in total. The number of carbonyl (C=O) groups excluding carboxylic acids is 1. The molecule has 132 valence electrons. The molecule has 0 fully saturated rings. The predicted molar refractivity (Wildman–Crippen MR) is 103 cm³/mol. The molecule has 0 aromatic heterocycles. The molecule has 5 heteroatoms. The molecule has 1 amide bonds. The molecule has 0 atom stereocenters. The second kappa shape index (κ2) is 8.87. The summed E-state index contributed by atoms with van der Waals surface area (Å²) >= 11 is 0. The van der Waals surface area contributed by atoms with E-state index in [4.69, 9.17) is 4.74 Å². The summed E-state index contributed by atoms with van der Waals surface area (Å²) in [5.41, 5.74) is 6.00. The van der Waals surface area contributed by atoms with Gasteiger partial charge >= 0.3 is 0 Å². The number of anilines is 1. The first kappa shape index (κ1) is 18.5. The summed E-state index contributed by atoms with van der Waals surface area (Å²) in [5.74, 6) is 0.492. The molecule has 25 heavy (non-hydrogen) atoms. The van der Waals surface area contributed by atoms with E-state index >= 15 is 0 Å². The summed E-state index contributed by atoms with van der Waals surface area (Å²) in [6.45, 7) is 7.99. The van der Waals surface area contributed by atoms with Crippen molar-refractivity contribution in [2.45, 2.75) is 20.8 Å². The minimum absolute atomic E-state index is 0.229. The third-order valence-electron chi connectivity index (χ3n) is 4.11. The molecule has 2 aromatic rings. The number of hydrazone groups is 1. The molecule has 0 saturated carbocycles. The molecule has 0 saturated heterocycles. The van der Waals surface area contributed by atoms with Crippen LogP contribution in [0.25, 0.3) is 0 Å². The predicted octanol–water partition coefficient (Wildman–Crippen LogP) is 3.61. The third-order valence-corrected chi connectivity index (χ3v) is 4.11. The SMILES string of the molecule is CCN(CC)c1ccc(/C=N\NC(=O)c2ccccc2C)c(OC)c1. The second-order valence-corrected chi connectivity index (χ2v) is 5.61. The second-order valence-electron chi connectivity index (χ2n) is 5.61. The van der Waals surface area contributed by atoms with Gasteiger partial charge in [0.1, 0.15) is 5.75 Å². The highest BCUT2D eigenvalue weighted by Gasteiger charge is 2.08. The van der Waals surface area contributed by atoms with Gasteiger partial charge in [-0.2, -0.15) is 5.10 Å². The quantitative estimate of drug-likeness (QED) is 0.619. The summed E-state index contributed by atoms with van der Waals surface area (Å²) in [4.78, 5) is 14.4. The molecule has 0 aliphatic rings. The lowest BCUT2D eigenvalue weighted by molar-refractivity contribution is 0.0954. The number of amides is 1. The number of aryl methyl sites for hydroxylation is 1. The Hall–Kier alpha value is -2.82. The molecular weight excluding hydrogens is 314 g/mol. The Morgan fingerprint density at radius 3 is 2.56 bits per heavy atom. The first-order valence-electron chi connectivity index (χ1n) is 8.42. The van der Waals surface area contributed by atoms with Gasteiger partial charge in [0.05, 0.1) is 13.3 Å². The maximum absolute atomic E-state index is 12.2. The van der Waals surface area contributed by atoms with Crippen LogP contribution in [0.15, 0.2) is 47.6 Å². The zero-order valence-corrected chi connectivity index (χ0v) is 15.2. The average molecular weight is 339 g/mol. The number of methoxy groups -OCH3 is 1. The van der Waals surface area contributed by atoms with Crippen molar-refractivity contribution in [3.05, 3.63) is 59.2 Å². The molecule has 2 rings (SSSR count). The van der Waals surface area contributed by atoms with Crippen LogP contribution >= 0.6 is 0 Å². The first-order valence-corrected chi connectivity index (χ1v) is 8.42. The van der Waals surface area contributed by atoms with E-state index < -0.39 is 0 Å². The minimum Gasteiger partial charge on any atom is -0.496 e. The number of carbonyl (C=O) groups is 1. The fourth-order valence-electron chi connectivity index (χ4n) is 2.64. The molecule has 2 aromatic carbocycles. The van der Waals surface area contributed by atoms with Crippen LogP contribution in [0.3, 0.4) is 0 Å². The van der Waals surface area contributed by atoms with Crippen molar-refractivity contribution < 1.29 is 9.53 Å². The Bertz CT molecular complexity index is 752. The smallest absolute Gasteiger partial charge is 0.271 e. The van der Waals surface area contributed by atoms with Gasteiger partial charge in [0.15, 0.2) is 0 Å². The lowest BCUT2D eigenvalue weighted by Gasteiger charge is -2.21. The van der Waals surface area contributed by atoms with Crippen molar-refractivity contribution in [2.75, 3.05) is 25.1 Å². The fourth-order valence-corrected chi connectivity index (χ4v) is 2.64. The lowest BCUT2D eigenvalue weighted by Crippen LogP contribution is -2.21. The zero-order valence-electron chi connectivity index (χ0n) is 15.2. The van der Waals surface area contributed by atoms with E-state index in [0.29, 0.717) is 5.56 Å². The zero-order chi connectivity index (χ0) is 18.2. The molecule has 0 aliphatic carbocycles. The van der Waals surface area contributed by atoms with E-state index in [2.05, 4.69) is 29.3 Å². The monoisotopic (exact) mass is 339 g/mol. The molecule has 0 spiro atoms. The van der Waals surface area contributed by atoms with E-state index in [-0.39, 0.29) is 5.91 Å². The number of hydrogen-bond donors (Lipinski definition) is 1. The molecule has 0 bridgehead atoms. The molecular formula is C20H25N3O2. The van der Waals surface area contributed by atoms with Crippen molar-refractivity contribution in [2.24, 2.45) is 5.10 Å². The van der Waals surface area contributed by atoms with Gasteiger partial charge in [-0.25, -0.2) is 5.43 Å². The van der Waals surface area contributed by atoms with Gasteiger partial charge < -0.3 is 9.64 Å². The van der Waals surface area contributed by atoms with E-state index in [0.717, 1.165) is 35.7 Å². The third kappa shape index (κ3) is 4.59. The highest BCUT2D eigenvalue weighted by molar-refractivity contribution is 5.96. The van der Waals surface area contributed by atoms with Crippen LogP contribution in [0.2, 0.25) is 0 Å². The molecule has 0 unspecified atom stereocenters. The number of nitrogens with zero attached hydrogens (tertiary/aromatic N) is 2. The fraction of sp³-hybridized carbons (Fsp3) is 0.300. The summed E-state index contributed by atoms with van der Waals surface area (Å²) in [5, 5.41) is 4.06.